The van der Waals surface area contributed by atoms with Crippen molar-refractivity contribution in [3.63, 3.8) is 0 Å². The Hall–Kier alpha value is -2.28. The first kappa shape index (κ1) is 17.1. The fourth-order valence-electron chi connectivity index (χ4n) is 3.69. The van der Waals surface area contributed by atoms with Crippen LogP contribution in [-0.2, 0) is 6.54 Å². The molecule has 0 aliphatic carbocycles. The lowest BCUT2D eigenvalue weighted by molar-refractivity contribution is 0.472. The van der Waals surface area contributed by atoms with E-state index in [2.05, 4.69) is 54.8 Å². The van der Waals surface area contributed by atoms with Crippen LogP contribution in [0.2, 0.25) is 0 Å². The summed E-state index contributed by atoms with van der Waals surface area (Å²) in [7, 11) is 0. The lowest BCUT2D eigenvalue weighted by Crippen LogP contribution is -2.36. The number of imidazole rings is 1. The maximum Gasteiger partial charge on any atom is 0.135 e. The molecule has 0 unspecified atom stereocenters. The van der Waals surface area contributed by atoms with Crippen molar-refractivity contribution in [2.24, 2.45) is 0 Å². The van der Waals surface area contributed by atoms with Gasteiger partial charge in [-0.2, -0.15) is 0 Å². The molecule has 1 aliphatic heterocycles. The zero-order valence-corrected chi connectivity index (χ0v) is 16.1. The zero-order valence-electron chi connectivity index (χ0n) is 15.2. The summed E-state index contributed by atoms with van der Waals surface area (Å²) in [5.74, 6) is 3.06. The molecule has 0 N–H and O–H groups in total. The van der Waals surface area contributed by atoms with Crippen LogP contribution >= 0.6 is 11.3 Å². The first-order chi connectivity index (χ1) is 12.7. The van der Waals surface area contributed by atoms with Gasteiger partial charge in [0, 0.05) is 48.5 Å². The monoisotopic (exact) mass is 368 g/mol. The van der Waals surface area contributed by atoms with Crippen molar-refractivity contribution in [3.8, 4) is 0 Å². The third-order valence-electron chi connectivity index (χ3n) is 4.99. The summed E-state index contributed by atoms with van der Waals surface area (Å²) < 4.78 is 2.24. The summed E-state index contributed by atoms with van der Waals surface area (Å²) in [6.45, 7) is 7.18. The Morgan fingerprint density at radius 3 is 3.00 bits per heavy atom. The number of thiazole rings is 1. The highest BCUT2D eigenvalue weighted by atomic mass is 32.1. The number of nitrogens with zero attached hydrogens (tertiary/aromatic N) is 6. The number of hydrogen-bond donors (Lipinski definition) is 0. The van der Waals surface area contributed by atoms with Gasteiger partial charge >= 0.3 is 0 Å². The van der Waals surface area contributed by atoms with Gasteiger partial charge in [0.2, 0.25) is 0 Å². The lowest BCUT2D eigenvalue weighted by atomic mass is 9.96. The molecule has 0 bridgehead atoms. The first-order valence-corrected chi connectivity index (χ1v) is 10.1. The van der Waals surface area contributed by atoms with Crippen LogP contribution in [0.25, 0.3) is 0 Å². The van der Waals surface area contributed by atoms with E-state index in [0.717, 1.165) is 49.8 Å². The molecule has 0 spiro atoms. The average Bonchev–Trinajstić information content (AvgIpc) is 3.34. The second-order valence-corrected chi connectivity index (χ2v) is 7.85. The van der Waals surface area contributed by atoms with E-state index in [1.165, 1.54) is 5.56 Å². The van der Waals surface area contributed by atoms with E-state index in [1.807, 2.05) is 17.9 Å². The molecule has 4 heterocycles. The van der Waals surface area contributed by atoms with Crippen LogP contribution in [0.1, 0.15) is 55.6 Å². The Bertz CT molecular complexity index is 841. The third kappa shape index (κ3) is 3.49. The molecule has 1 saturated heterocycles. The molecule has 3 aromatic rings. The fourth-order valence-corrected chi connectivity index (χ4v) is 4.24. The maximum atomic E-state index is 4.69. The number of piperidine rings is 1. The van der Waals surface area contributed by atoms with Crippen molar-refractivity contribution in [1.29, 1.82) is 0 Å². The van der Waals surface area contributed by atoms with Gasteiger partial charge in [-0.15, -0.1) is 11.3 Å². The Labute approximate surface area is 158 Å². The summed E-state index contributed by atoms with van der Waals surface area (Å²) in [5, 5.41) is 2.10. The van der Waals surface area contributed by atoms with Gasteiger partial charge in [-0.05, 0) is 18.8 Å². The van der Waals surface area contributed by atoms with Crippen LogP contribution in [0.5, 0.6) is 0 Å². The molecule has 0 amide bonds. The lowest BCUT2D eigenvalue weighted by Gasteiger charge is -2.34. The highest BCUT2D eigenvalue weighted by Crippen LogP contribution is 2.32. The maximum absolute atomic E-state index is 4.69. The van der Waals surface area contributed by atoms with Crippen molar-refractivity contribution >= 4 is 17.2 Å². The van der Waals surface area contributed by atoms with Gasteiger partial charge in [0.25, 0.3) is 0 Å². The summed E-state index contributed by atoms with van der Waals surface area (Å²) in [5.41, 5.74) is 4.20. The van der Waals surface area contributed by atoms with Crippen LogP contribution < -0.4 is 4.90 Å². The molecule has 1 atom stereocenters. The van der Waals surface area contributed by atoms with E-state index >= 15 is 0 Å². The predicted octanol–water partition coefficient (Wildman–Crippen LogP) is 3.69. The molecule has 26 heavy (non-hydrogen) atoms. The van der Waals surface area contributed by atoms with E-state index in [0.29, 0.717) is 11.8 Å². The quantitative estimate of drug-likeness (QED) is 0.687. The van der Waals surface area contributed by atoms with Gasteiger partial charge in [0.15, 0.2) is 0 Å². The second-order valence-electron chi connectivity index (χ2n) is 7.13. The minimum Gasteiger partial charge on any atom is -0.356 e. The highest BCUT2D eigenvalue weighted by Gasteiger charge is 2.27. The number of hydrogen-bond acceptors (Lipinski definition) is 6. The Morgan fingerprint density at radius 1 is 1.27 bits per heavy atom. The van der Waals surface area contributed by atoms with Gasteiger partial charge in [-0.1, -0.05) is 13.8 Å². The Kier molecular flexibility index (Phi) is 4.97. The average molecular weight is 369 g/mol. The van der Waals surface area contributed by atoms with Crippen molar-refractivity contribution < 1.29 is 0 Å². The van der Waals surface area contributed by atoms with Crippen molar-refractivity contribution in [1.82, 2.24) is 24.5 Å². The molecular formula is C19H24N6S. The van der Waals surface area contributed by atoms with Crippen LogP contribution in [0.4, 0.5) is 5.82 Å². The molecule has 0 saturated carbocycles. The molecular weight excluding hydrogens is 344 g/mol. The van der Waals surface area contributed by atoms with E-state index in [-0.39, 0.29) is 0 Å². The van der Waals surface area contributed by atoms with Gasteiger partial charge in [0.1, 0.15) is 18.0 Å². The largest absolute Gasteiger partial charge is 0.356 e. The summed E-state index contributed by atoms with van der Waals surface area (Å²) >= 11 is 1.64. The number of anilines is 1. The predicted molar refractivity (Wildman–Crippen MR) is 104 cm³/mol. The second kappa shape index (κ2) is 7.53. The van der Waals surface area contributed by atoms with E-state index in [1.54, 1.807) is 17.7 Å². The zero-order chi connectivity index (χ0) is 17.9. The molecule has 0 aromatic carbocycles. The smallest absolute Gasteiger partial charge is 0.135 e. The molecule has 3 aromatic heterocycles. The third-order valence-corrected chi connectivity index (χ3v) is 5.63. The van der Waals surface area contributed by atoms with E-state index in [9.17, 15) is 0 Å². The molecule has 4 rings (SSSR count). The highest BCUT2D eigenvalue weighted by molar-refractivity contribution is 7.07. The molecule has 1 fully saturated rings. The van der Waals surface area contributed by atoms with Gasteiger partial charge in [-0.3, -0.25) is 0 Å². The van der Waals surface area contributed by atoms with Crippen LogP contribution in [0.15, 0.2) is 35.8 Å². The topological polar surface area (TPSA) is 59.7 Å². The number of aromatic nitrogens is 5. The van der Waals surface area contributed by atoms with E-state index in [4.69, 9.17) is 0 Å². The molecule has 7 heteroatoms. The number of rotatable bonds is 5. The Balaban J connectivity index is 1.56. The van der Waals surface area contributed by atoms with Crippen molar-refractivity contribution in [2.75, 3.05) is 18.0 Å². The van der Waals surface area contributed by atoms with Gasteiger partial charge in [0.05, 0.1) is 17.7 Å². The molecule has 1 aliphatic rings. The summed E-state index contributed by atoms with van der Waals surface area (Å²) in [4.78, 5) is 20.3. The standard InChI is InChI=1S/C19H24N6S/c1-14(2)17-8-20-12-22-19(17)24-6-3-4-15(9-24)18-21-5-7-25(18)10-16-11-26-13-23-16/h5,7-8,11-15H,3-4,6,9-10H2,1-2H3/t15-/m0/s1. The minimum atomic E-state index is 0.410. The van der Waals surface area contributed by atoms with Crippen molar-refractivity contribution in [2.45, 2.75) is 45.1 Å². The molecule has 136 valence electrons. The van der Waals surface area contributed by atoms with Gasteiger partial charge < -0.3 is 9.47 Å². The summed E-state index contributed by atoms with van der Waals surface area (Å²) in [6.07, 6.45) is 9.90. The van der Waals surface area contributed by atoms with Gasteiger partial charge in [-0.25, -0.2) is 19.9 Å². The Morgan fingerprint density at radius 2 is 2.19 bits per heavy atom. The summed E-state index contributed by atoms with van der Waals surface area (Å²) in [6, 6.07) is 0. The SMILES string of the molecule is CC(C)c1cncnc1N1CCC[C@H](c2nccn2Cc2cscn2)C1. The van der Waals surface area contributed by atoms with Crippen molar-refractivity contribution in [3.05, 3.63) is 52.9 Å². The normalized spacial score (nSPS) is 17.8. The van der Waals surface area contributed by atoms with Crippen LogP contribution in [0, 0.1) is 0 Å². The first-order valence-electron chi connectivity index (χ1n) is 9.15. The molecule has 0 radical (unpaired) electrons. The van der Waals surface area contributed by atoms with E-state index < -0.39 is 0 Å². The van der Waals surface area contributed by atoms with Crippen LogP contribution in [-0.4, -0.2) is 37.6 Å². The molecule has 6 nitrogen and oxygen atoms in total. The fraction of sp³-hybridized carbons (Fsp3) is 0.474. The van der Waals surface area contributed by atoms with Crippen LogP contribution in [0.3, 0.4) is 0 Å². The minimum absolute atomic E-state index is 0.410.